The van der Waals surface area contributed by atoms with Crippen molar-refractivity contribution in [3.63, 3.8) is 0 Å². The second kappa shape index (κ2) is 14.9. The molecule has 3 atom stereocenters. The van der Waals surface area contributed by atoms with Crippen LogP contribution in [0.2, 0.25) is 0 Å². The number of aliphatic hydroxyl groups is 1. The first-order chi connectivity index (χ1) is 22.6. The summed E-state index contributed by atoms with van der Waals surface area (Å²) in [4.78, 5) is 35.5. The van der Waals surface area contributed by atoms with E-state index in [-0.39, 0.29) is 40.8 Å². The number of hydrogen-bond acceptors (Lipinski definition) is 9. The molecule has 11 nitrogen and oxygen atoms in total. The van der Waals surface area contributed by atoms with Crippen LogP contribution in [0.5, 0.6) is 5.75 Å². The number of alkyl halides is 5. The fourth-order valence-corrected chi connectivity index (χ4v) is 5.72. The summed E-state index contributed by atoms with van der Waals surface area (Å²) in [5, 5.41) is 12.4. The average Bonchev–Trinajstić information content (AvgIpc) is 3.48. The van der Waals surface area contributed by atoms with Crippen molar-refractivity contribution in [3.05, 3.63) is 83.4 Å². The van der Waals surface area contributed by atoms with Gasteiger partial charge >= 0.3 is 12.3 Å². The minimum atomic E-state index is -4.55. The maximum Gasteiger partial charge on any atom is 0.416 e. The molecule has 1 aromatic heterocycles. The SMILES string of the molecule is CCC(F)(F)OC[C@@H]1C[C@@H](Oc2ccc(C(F)(F)F)cc2)CN1C(=O)c1ncc(C(=O)NC(CO)c2ccc(S(=O)(=O)CC)cc2)cn1. The second-order valence-electron chi connectivity index (χ2n) is 10.9. The van der Waals surface area contributed by atoms with Gasteiger partial charge in [-0.05, 0) is 42.0 Å². The molecule has 2 amide bonds. The van der Waals surface area contributed by atoms with Gasteiger partial charge in [0, 0.05) is 25.2 Å². The smallest absolute Gasteiger partial charge is 0.416 e. The van der Waals surface area contributed by atoms with E-state index in [0.717, 1.165) is 36.7 Å². The first-order valence-electron chi connectivity index (χ1n) is 14.8. The van der Waals surface area contributed by atoms with E-state index >= 15 is 0 Å². The van der Waals surface area contributed by atoms with Crippen LogP contribution >= 0.6 is 0 Å². The van der Waals surface area contributed by atoms with Crippen molar-refractivity contribution < 1.29 is 54.5 Å². The summed E-state index contributed by atoms with van der Waals surface area (Å²) < 4.78 is 101. The summed E-state index contributed by atoms with van der Waals surface area (Å²) in [5.41, 5.74) is -0.536. The van der Waals surface area contributed by atoms with E-state index < -0.39 is 77.3 Å². The molecule has 4 rings (SSSR count). The molecule has 0 radical (unpaired) electrons. The number of carbonyl (C=O) groups is 2. The van der Waals surface area contributed by atoms with Crippen LogP contribution < -0.4 is 10.1 Å². The fraction of sp³-hybridized carbons (Fsp3) is 0.419. The summed E-state index contributed by atoms with van der Waals surface area (Å²) >= 11 is 0. The van der Waals surface area contributed by atoms with Gasteiger partial charge in [0.1, 0.15) is 11.9 Å². The number of aromatic nitrogens is 2. The molecule has 0 bridgehead atoms. The fourth-order valence-electron chi connectivity index (χ4n) is 4.84. The zero-order valence-electron chi connectivity index (χ0n) is 25.8. The van der Waals surface area contributed by atoms with Crippen molar-refractivity contribution in [3.8, 4) is 5.75 Å². The zero-order valence-corrected chi connectivity index (χ0v) is 26.6. The number of ether oxygens (including phenoxy) is 2. The molecule has 260 valence electrons. The molecule has 2 N–H and O–H groups in total. The molecule has 1 aliphatic heterocycles. The Morgan fingerprint density at radius 3 is 2.19 bits per heavy atom. The van der Waals surface area contributed by atoms with Crippen molar-refractivity contribution in [2.24, 2.45) is 0 Å². The highest BCUT2D eigenvalue weighted by Crippen LogP contribution is 2.32. The molecule has 2 heterocycles. The van der Waals surface area contributed by atoms with E-state index in [1.165, 1.54) is 43.0 Å². The van der Waals surface area contributed by atoms with Crippen LogP contribution in [0.15, 0.2) is 65.8 Å². The molecule has 0 spiro atoms. The molecule has 1 fully saturated rings. The summed E-state index contributed by atoms with van der Waals surface area (Å²) in [6, 6.07) is 7.72. The van der Waals surface area contributed by atoms with Crippen molar-refractivity contribution in [2.75, 3.05) is 25.5 Å². The number of sulfone groups is 1. The summed E-state index contributed by atoms with van der Waals surface area (Å²) in [5.74, 6) is -1.89. The van der Waals surface area contributed by atoms with Crippen LogP contribution in [0, 0.1) is 0 Å². The highest BCUT2D eigenvalue weighted by molar-refractivity contribution is 7.91. The van der Waals surface area contributed by atoms with Gasteiger partial charge in [-0.1, -0.05) is 26.0 Å². The van der Waals surface area contributed by atoms with Crippen LogP contribution in [-0.2, 0) is 20.8 Å². The predicted octanol–water partition coefficient (Wildman–Crippen LogP) is 4.43. The Labute approximate surface area is 273 Å². The lowest BCUT2D eigenvalue weighted by Crippen LogP contribution is -2.41. The van der Waals surface area contributed by atoms with E-state index in [2.05, 4.69) is 15.3 Å². The number of benzene rings is 2. The Balaban J connectivity index is 1.45. The minimum absolute atomic E-state index is 0.0148. The first-order valence-corrected chi connectivity index (χ1v) is 16.4. The van der Waals surface area contributed by atoms with Crippen LogP contribution in [-0.4, -0.2) is 84.0 Å². The predicted molar refractivity (Wildman–Crippen MR) is 160 cm³/mol. The number of likely N-dealkylation sites (tertiary alicyclic amines) is 1. The zero-order chi connectivity index (χ0) is 35.3. The van der Waals surface area contributed by atoms with Crippen molar-refractivity contribution in [1.29, 1.82) is 0 Å². The monoisotopic (exact) mass is 700 g/mol. The average molecular weight is 701 g/mol. The van der Waals surface area contributed by atoms with Crippen molar-refractivity contribution >= 4 is 21.7 Å². The van der Waals surface area contributed by atoms with E-state index in [4.69, 9.17) is 9.47 Å². The standard InChI is InChI=1S/C31H33F5N4O7S/c1-3-30(32,33)46-18-22-13-24(47-23-9-7-21(8-10-23)31(34,35)36)16-40(22)29(43)27-37-14-20(15-38-27)28(42)39-26(17-41)19-5-11-25(12-6-19)48(44,45)4-2/h5-12,14-15,22,24,26,41H,3-4,13,16-18H2,1-2H3,(H,39,42)/t22-,24+,26?/m0/s1. The van der Waals surface area contributed by atoms with E-state index in [0.29, 0.717) is 5.56 Å². The third kappa shape index (κ3) is 9.02. The number of amides is 2. The maximum absolute atomic E-state index is 13.9. The lowest BCUT2D eigenvalue weighted by molar-refractivity contribution is -0.244. The first kappa shape index (κ1) is 36.6. The Bertz CT molecular complexity index is 1670. The lowest BCUT2D eigenvalue weighted by Gasteiger charge is -2.25. The highest BCUT2D eigenvalue weighted by Gasteiger charge is 2.40. The third-order valence-corrected chi connectivity index (χ3v) is 9.39. The van der Waals surface area contributed by atoms with Crippen LogP contribution in [0.1, 0.15) is 64.8 Å². The molecule has 1 saturated heterocycles. The molecular weight excluding hydrogens is 667 g/mol. The normalized spacial score (nSPS) is 17.6. The molecule has 1 aliphatic rings. The molecule has 17 heteroatoms. The highest BCUT2D eigenvalue weighted by atomic mass is 32.2. The molecule has 3 aromatic rings. The Kier molecular flexibility index (Phi) is 11.4. The second-order valence-corrected chi connectivity index (χ2v) is 13.2. The topological polar surface area (TPSA) is 148 Å². The largest absolute Gasteiger partial charge is 0.489 e. The Hall–Kier alpha value is -4.22. The van der Waals surface area contributed by atoms with Gasteiger partial charge in [0.15, 0.2) is 9.84 Å². The summed E-state index contributed by atoms with van der Waals surface area (Å²) in [6.45, 7) is 1.49. The quantitative estimate of drug-likeness (QED) is 0.247. The Morgan fingerprint density at radius 2 is 1.65 bits per heavy atom. The molecule has 0 aliphatic carbocycles. The van der Waals surface area contributed by atoms with Crippen molar-refractivity contribution in [1.82, 2.24) is 20.2 Å². The van der Waals surface area contributed by atoms with Gasteiger partial charge in [-0.2, -0.15) is 22.0 Å². The van der Waals surface area contributed by atoms with E-state index in [1.807, 2.05) is 0 Å². The molecule has 1 unspecified atom stereocenters. The van der Waals surface area contributed by atoms with Gasteiger partial charge < -0.3 is 24.8 Å². The summed E-state index contributed by atoms with van der Waals surface area (Å²) in [7, 11) is -3.45. The van der Waals surface area contributed by atoms with Crippen LogP contribution in [0.25, 0.3) is 0 Å². The van der Waals surface area contributed by atoms with Gasteiger partial charge in [-0.3, -0.25) is 9.59 Å². The van der Waals surface area contributed by atoms with Crippen LogP contribution in [0.4, 0.5) is 22.0 Å². The minimum Gasteiger partial charge on any atom is -0.489 e. The Morgan fingerprint density at radius 1 is 1.02 bits per heavy atom. The van der Waals surface area contributed by atoms with Gasteiger partial charge in [0.25, 0.3) is 11.8 Å². The molecule has 0 saturated carbocycles. The number of rotatable bonds is 13. The van der Waals surface area contributed by atoms with Crippen LogP contribution in [0.3, 0.4) is 0 Å². The number of hydrogen-bond donors (Lipinski definition) is 2. The number of nitrogens with one attached hydrogen (secondary N) is 1. The van der Waals surface area contributed by atoms with Gasteiger partial charge in [0.2, 0.25) is 5.82 Å². The number of carbonyl (C=O) groups excluding carboxylic acids is 2. The van der Waals surface area contributed by atoms with Gasteiger partial charge in [0.05, 0.1) is 53.6 Å². The number of halogens is 5. The van der Waals surface area contributed by atoms with Gasteiger partial charge in [-0.25, -0.2) is 18.4 Å². The lowest BCUT2D eigenvalue weighted by atomic mass is 10.1. The number of nitrogens with zero attached hydrogens (tertiary/aromatic N) is 3. The number of aliphatic hydroxyl groups excluding tert-OH is 1. The molecular formula is C31H33F5N4O7S. The van der Waals surface area contributed by atoms with E-state index in [1.54, 1.807) is 0 Å². The summed E-state index contributed by atoms with van der Waals surface area (Å²) in [6.07, 6.45) is -7.28. The third-order valence-electron chi connectivity index (χ3n) is 7.63. The van der Waals surface area contributed by atoms with Crippen molar-refractivity contribution in [2.45, 2.75) is 62.1 Å². The molecule has 2 aromatic carbocycles. The molecule has 48 heavy (non-hydrogen) atoms. The van der Waals surface area contributed by atoms with Gasteiger partial charge in [-0.15, -0.1) is 0 Å². The maximum atomic E-state index is 13.9. The van der Waals surface area contributed by atoms with E-state index in [9.17, 15) is 45.1 Å².